The van der Waals surface area contributed by atoms with E-state index >= 15 is 0 Å². The lowest BCUT2D eigenvalue weighted by atomic mass is 10.3. The molecule has 0 atom stereocenters. The van der Waals surface area contributed by atoms with E-state index < -0.39 is 22.5 Å². The first-order valence-electron chi connectivity index (χ1n) is 9.69. The van der Waals surface area contributed by atoms with Crippen molar-refractivity contribution < 1.29 is 27.4 Å². The van der Waals surface area contributed by atoms with Crippen LogP contribution in [0, 0.1) is 0 Å². The fraction of sp³-hybridized carbons (Fsp3) is 0.174. The van der Waals surface area contributed by atoms with Gasteiger partial charge in [0.1, 0.15) is 5.75 Å². The van der Waals surface area contributed by atoms with Crippen molar-refractivity contribution in [2.24, 2.45) is 0 Å². The third-order valence-electron chi connectivity index (χ3n) is 4.39. The van der Waals surface area contributed by atoms with Crippen LogP contribution >= 0.6 is 11.6 Å². The summed E-state index contributed by atoms with van der Waals surface area (Å²) in [5.74, 6) is 0.531. The molecule has 0 bridgehead atoms. The first-order valence-corrected chi connectivity index (χ1v) is 11.5. The van der Waals surface area contributed by atoms with Crippen LogP contribution in [0.5, 0.6) is 17.2 Å². The Balaban J connectivity index is 1.95. The average molecular weight is 476 g/mol. The summed E-state index contributed by atoms with van der Waals surface area (Å²) in [5, 5.41) is 0.377. The van der Waals surface area contributed by atoms with Crippen molar-refractivity contribution in [3.05, 3.63) is 77.8 Å². The molecule has 0 saturated heterocycles. The summed E-state index contributed by atoms with van der Waals surface area (Å²) in [6, 6.07) is 18.5. The fourth-order valence-electron chi connectivity index (χ4n) is 2.89. The van der Waals surface area contributed by atoms with Gasteiger partial charge in [0.25, 0.3) is 15.9 Å². The lowest BCUT2D eigenvalue weighted by molar-refractivity contribution is -0.119. The Labute approximate surface area is 192 Å². The number of carbonyl (C=O) groups is 1. The minimum atomic E-state index is -4.24. The topological polar surface area (TPSA) is 82.1 Å². The molecule has 3 aromatic rings. The molecule has 0 radical (unpaired) electrons. The number of para-hydroxylation sites is 2. The van der Waals surface area contributed by atoms with Crippen LogP contribution in [-0.4, -0.2) is 34.6 Å². The van der Waals surface area contributed by atoms with E-state index in [2.05, 4.69) is 0 Å². The molecule has 0 spiro atoms. The second-order valence-electron chi connectivity index (χ2n) is 6.48. The number of sulfonamides is 1. The number of ether oxygens (including phenoxy) is 3. The number of hydrogen-bond acceptors (Lipinski definition) is 6. The van der Waals surface area contributed by atoms with E-state index in [9.17, 15) is 13.2 Å². The molecular formula is C23H22ClNO6S. The summed E-state index contributed by atoms with van der Waals surface area (Å²) in [6.07, 6.45) is 0. The van der Waals surface area contributed by atoms with Crippen LogP contribution < -0.4 is 18.5 Å². The SMILES string of the molecule is CCOc1ccccc1OCC(=O)N(c1ccc(OC)cc1)S(=O)(=O)c1ccc(Cl)cc1. The number of halogens is 1. The lowest BCUT2D eigenvalue weighted by Crippen LogP contribution is -2.40. The van der Waals surface area contributed by atoms with Gasteiger partial charge in [-0.15, -0.1) is 0 Å². The summed E-state index contributed by atoms with van der Waals surface area (Å²) >= 11 is 5.89. The Morgan fingerprint density at radius 1 is 0.906 bits per heavy atom. The van der Waals surface area contributed by atoms with Crippen molar-refractivity contribution in [1.29, 1.82) is 0 Å². The molecule has 0 N–H and O–H groups in total. The monoisotopic (exact) mass is 475 g/mol. The number of carbonyl (C=O) groups excluding carboxylic acids is 1. The summed E-state index contributed by atoms with van der Waals surface area (Å²) in [4.78, 5) is 13.1. The van der Waals surface area contributed by atoms with Crippen molar-refractivity contribution >= 4 is 33.2 Å². The Kier molecular flexibility index (Phi) is 7.61. The van der Waals surface area contributed by atoms with Gasteiger partial charge in [-0.3, -0.25) is 4.79 Å². The number of rotatable bonds is 9. The van der Waals surface area contributed by atoms with E-state index in [1.807, 2.05) is 6.92 Å². The third-order valence-corrected chi connectivity index (χ3v) is 6.40. The van der Waals surface area contributed by atoms with Gasteiger partial charge in [0.05, 0.1) is 24.3 Å². The van der Waals surface area contributed by atoms with Crippen molar-refractivity contribution in [3.8, 4) is 17.2 Å². The van der Waals surface area contributed by atoms with Gasteiger partial charge in [0, 0.05) is 5.02 Å². The van der Waals surface area contributed by atoms with E-state index in [0.29, 0.717) is 33.2 Å². The lowest BCUT2D eigenvalue weighted by Gasteiger charge is -2.23. The van der Waals surface area contributed by atoms with Gasteiger partial charge in [-0.05, 0) is 67.6 Å². The summed E-state index contributed by atoms with van der Waals surface area (Å²) in [5.41, 5.74) is 0.146. The molecule has 0 saturated carbocycles. The maximum Gasteiger partial charge on any atom is 0.278 e. The number of nitrogens with zero attached hydrogens (tertiary/aromatic N) is 1. The molecule has 0 aliphatic carbocycles. The molecule has 0 fully saturated rings. The first kappa shape index (κ1) is 23.4. The number of methoxy groups -OCH3 is 1. The highest BCUT2D eigenvalue weighted by atomic mass is 35.5. The minimum absolute atomic E-state index is 0.0826. The Morgan fingerprint density at radius 3 is 2.06 bits per heavy atom. The maximum absolute atomic E-state index is 13.4. The van der Waals surface area contributed by atoms with Crippen LogP contribution in [0.2, 0.25) is 5.02 Å². The van der Waals surface area contributed by atoms with Crippen molar-refractivity contribution in [3.63, 3.8) is 0 Å². The van der Waals surface area contributed by atoms with Crippen molar-refractivity contribution in [1.82, 2.24) is 0 Å². The predicted octanol–water partition coefficient (Wildman–Crippen LogP) is 4.55. The zero-order chi connectivity index (χ0) is 23.1. The van der Waals surface area contributed by atoms with Gasteiger partial charge in [0.15, 0.2) is 18.1 Å². The molecule has 168 valence electrons. The molecule has 3 rings (SSSR count). The Bertz CT molecular complexity index is 1160. The van der Waals surface area contributed by atoms with Crippen LogP contribution in [0.4, 0.5) is 5.69 Å². The molecule has 3 aromatic carbocycles. The fourth-order valence-corrected chi connectivity index (χ4v) is 4.43. The van der Waals surface area contributed by atoms with Gasteiger partial charge in [-0.2, -0.15) is 4.31 Å². The second-order valence-corrected chi connectivity index (χ2v) is 8.71. The van der Waals surface area contributed by atoms with Crippen molar-refractivity contribution in [2.45, 2.75) is 11.8 Å². The number of amides is 1. The molecular weight excluding hydrogens is 454 g/mol. The summed E-state index contributed by atoms with van der Waals surface area (Å²) in [7, 11) is -2.75. The summed E-state index contributed by atoms with van der Waals surface area (Å²) in [6.45, 7) is 1.71. The normalized spacial score (nSPS) is 11.0. The molecule has 1 amide bonds. The van der Waals surface area contributed by atoms with Crippen LogP contribution in [0.3, 0.4) is 0 Å². The average Bonchev–Trinajstić information content (AvgIpc) is 2.79. The molecule has 7 nitrogen and oxygen atoms in total. The minimum Gasteiger partial charge on any atom is -0.497 e. The highest BCUT2D eigenvalue weighted by molar-refractivity contribution is 7.93. The van der Waals surface area contributed by atoms with Gasteiger partial charge in [-0.1, -0.05) is 23.7 Å². The smallest absolute Gasteiger partial charge is 0.278 e. The van der Waals surface area contributed by atoms with E-state index in [1.165, 1.54) is 43.5 Å². The van der Waals surface area contributed by atoms with Gasteiger partial charge in [-0.25, -0.2) is 8.42 Å². The molecule has 9 heteroatoms. The van der Waals surface area contributed by atoms with Crippen LogP contribution in [0.1, 0.15) is 6.92 Å². The zero-order valence-corrected chi connectivity index (χ0v) is 19.1. The Morgan fingerprint density at radius 2 is 1.50 bits per heavy atom. The molecule has 32 heavy (non-hydrogen) atoms. The molecule has 0 aromatic heterocycles. The largest absolute Gasteiger partial charge is 0.497 e. The number of hydrogen-bond donors (Lipinski definition) is 0. The highest BCUT2D eigenvalue weighted by Crippen LogP contribution is 2.29. The number of benzene rings is 3. The molecule has 0 heterocycles. The van der Waals surface area contributed by atoms with E-state index in [4.69, 9.17) is 25.8 Å². The Hall–Kier alpha value is -3.23. The van der Waals surface area contributed by atoms with E-state index in [-0.39, 0.29) is 10.6 Å². The quantitative estimate of drug-likeness (QED) is 0.451. The predicted molar refractivity (Wildman–Crippen MR) is 122 cm³/mol. The first-order chi connectivity index (χ1) is 15.4. The molecule has 0 unspecified atom stereocenters. The summed E-state index contributed by atoms with van der Waals surface area (Å²) < 4.78 is 43.7. The highest BCUT2D eigenvalue weighted by Gasteiger charge is 2.31. The van der Waals surface area contributed by atoms with Gasteiger partial charge in [0.2, 0.25) is 0 Å². The van der Waals surface area contributed by atoms with Gasteiger partial charge < -0.3 is 14.2 Å². The zero-order valence-electron chi connectivity index (χ0n) is 17.5. The van der Waals surface area contributed by atoms with Crippen LogP contribution in [0.15, 0.2) is 77.7 Å². The number of anilines is 1. The third kappa shape index (κ3) is 5.33. The molecule has 0 aliphatic rings. The van der Waals surface area contributed by atoms with Crippen LogP contribution in [-0.2, 0) is 14.8 Å². The standard InChI is InChI=1S/C23H22ClNO6S/c1-3-30-21-6-4-5-7-22(21)31-16-23(26)25(18-10-12-19(29-2)13-11-18)32(27,28)20-14-8-17(24)9-15-20/h4-15H,3,16H2,1-2H3. The van der Waals surface area contributed by atoms with Gasteiger partial charge >= 0.3 is 0 Å². The van der Waals surface area contributed by atoms with E-state index in [1.54, 1.807) is 36.4 Å². The maximum atomic E-state index is 13.4. The van der Waals surface area contributed by atoms with Crippen LogP contribution in [0.25, 0.3) is 0 Å². The second kappa shape index (κ2) is 10.4. The van der Waals surface area contributed by atoms with Crippen molar-refractivity contribution in [2.75, 3.05) is 24.6 Å². The van der Waals surface area contributed by atoms with E-state index in [0.717, 1.165) is 0 Å². The molecule has 0 aliphatic heterocycles.